The van der Waals surface area contributed by atoms with Gasteiger partial charge in [0.1, 0.15) is 0 Å². The van der Waals surface area contributed by atoms with Crippen LogP contribution >= 0.6 is 0 Å². The first kappa shape index (κ1) is 17.9. The zero-order valence-corrected chi connectivity index (χ0v) is 14.3. The molecule has 0 spiro atoms. The maximum Gasteiger partial charge on any atom is 0.0718 e. The van der Waals surface area contributed by atoms with Gasteiger partial charge in [0.25, 0.3) is 0 Å². The molecule has 120 valence electrons. The summed E-state index contributed by atoms with van der Waals surface area (Å²) in [5, 5.41) is 13.6. The molecule has 3 heteroatoms. The molecule has 0 unspecified atom stereocenters. The average molecular weight is 284 g/mol. The summed E-state index contributed by atoms with van der Waals surface area (Å²) in [6.07, 6.45) is 6.54. The second kappa shape index (κ2) is 7.77. The number of likely N-dealkylation sites (N-methyl/N-ethyl adjacent to an activating group) is 1. The van der Waals surface area contributed by atoms with E-state index in [9.17, 15) is 5.11 Å². The predicted octanol–water partition coefficient (Wildman–Crippen LogP) is 2.89. The molecule has 0 radical (unpaired) electrons. The van der Waals surface area contributed by atoms with Crippen molar-refractivity contribution in [3.63, 3.8) is 0 Å². The summed E-state index contributed by atoms with van der Waals surface area (Å²) in [6, 6.07) is 0. The molecule has 20 heavy (non-hydrogen) atoms. The molecular weight excluding hydrogens is 248 g/mol. The van der Waals surface area contributed by atoms with Crippen molar-refractivity contribution in [2.45, 2.75) is 65.4 Å². The maximum absolute atomic E-state index is 10.0. The molecular formula is C17H36N2O. The van der Waals surface area contributed by atoms with Crippen LogP contribution in [0.2, 0.25) is 0 Å². The molecule has 0 heterocycles. The highest BCUT2D eigenvalue weighted by Crippen LogP contribution is 2.39. The molecule has 1 rings (SSSR count). The van der Waals surface area contributed by atoms with E-state index in [0.717, 1.165) is 32.1 Å². The second-order valence-corrected chi connectivity index (χ2v) is 7.84. The summed E-state index contributed by atoms with van der Waals surface area (Å²) in [4.78, 5) is 2.32. The van der Waals surface area contributed by atoms with Gasteiger partial charge < -0.3 is 15.3 Å². The highest BCUT2D eigenvalue weighted by molar-refractivity contribution is 4.89. The molecule has 1 fully saturated rings. The van der Waals surface area contributed by atoms with Crippen LogP contribution in [0.15, 0.2) is 0 Å². The van der Waals surface area contributed by atoms with Crippen LogP contribution in [0.3, 0.4) is 0 Å². The summed E-state index contributed by atoms with van der Waals surface area (Å²) in [6.45, 7) is 12.5. The molecule has 2 N–H and O–H groups in total. The molecule has 0 atom stereocenters. The summed E-state index contributed by atoms with van der Waals surface area (Å²) < 4.78 is 0. The van der Waals surface area contributed by atoms with Crippen LogP contribution in [-0.4, -0.2) is 48.8 Å². The monoisotopic (exact) mass is 284 g/mol. The van der Waals surface area contributed by atoms with E-state index in [0.29, 0.717) is 5.41 Å². The lowest BCUT2D eigenvalue weighted by Gasteiger charge is -2.43. The molecule has 0 saturated heterocycles. The Labute approximate surface area is 126 Å². The van der Waals surface area contributed by atoms with Crippen LogP contribution in [0, 0.1) is 11.3 Å². The fraction of sp³-hybridized carbons (Fsp3) is 1.00. The zero-order chi connectivity index (χ0) is 15.2. The van der Waals surface area contributed by atoms with Crippen LogP contribution in [0.5, 0.6) is 0 Å². The predicted molar refractivity (Wildman–Crippen MR) is 87.0 cm³/mol. The van der Waals surface area contributed by atoms with Crippen LogP contribution in [0.1, 0.15) is 59.8 Å². The summed E-state index contributed by atoms with van der Waals surface area (Å²) in [5.74, 6) is 0.883. The van der Waals surface area contributed by atoms with Crippen LogP contribution in [0.25, 0.3) is 0 Å². The molecule has 1 saturated carbocycles. The Morgan fingerprint density at radius 3 is 2.40 bits per heavy atom. The summed E-state index contributed by atoms with van der Waals surface area (Å²) >= 11 is 0. The largest absolute Gasteiger partial charge is 0.389 e. The zero-order valence-electron chi connectivity index (χ0n) is 14.3. The summed E-state index contributed by atoms with van der Waals surface area (Å²) in [7, 11) is 2.15. The third-order valence-corrected chi connectivity index (χ3v) is 4.52. The second-order valence-electron chi connectivity index (χ2n) is 7.84. The Morgan fingerprint density at radius 1 is 1.30 bits per heavy atom. The van der Waals surface area contributed by atoms with Gasteiger partial charge in [-0.15, -0.1) is 0 Å². The molecule has 0 aromatic carbocycles. The number of rotatable bonds is 8. The van der Waals surface area contributed by atoms with Gasteiger partial charge in [-0.05, 0) is 58.0 Å². The van der Waals surface area contributed by atoms with Crippen molar-refractivity contribution in [3.05, 3.63) is 0 Å². The number of hydrogen-bond donors (Lipinski definition) is 2. The van der Waals surface area contributed by atoms with Crippen molar-refractivity contribution >= 4 is 0 Å². The molecule has 0 aromatic heterocycles. The van der Waals surface area contributed by atoms with Gasteiger partial charge in [0, 0.05) is 19.6 Å². The van der Waals surface area contributed by atoms with Gasteiger partial charge in [0.2, 0.25) is 0 Å². The lowest BCUT2D eigenvalue weighted by molar-refractivity contribution is 0.0199. The summed E-state index contributed by atoms with van der Waals surface area (Å²) in [5.41, 5.74) is -0.198. The SMILES string of the molecule is CCCNCC1(CN(C)CC(C)(C)O)CCC(C)CC1. The van der Waals surface area contributed by atoms with Crippen LogP contribution in [0.4, 0.5) is 0 Å². The van der Waals surface area contributed by atoms with Crippen LogP contribution in [-0.2, 0) is 0 Å². The first-order valence-electron chi connectivity index (χ1n) is 8.38. The van der Waals surface area contributed by atoms with Crippen molar-refractivity contribution in [1.82, 2.24) is 10.2 Å². The fourth-order valence-electron chi connectivity index (χ4n) is 3.58. The van der Waals surface area contributed by atoms with E-state index < -0.39 is 5.60 Å². The van der Waals surface area contributed by atoms with E-state index in [-0.39, 0.29) is 0 Å². The molecule has 0 aromatic rings. The minimum absolute atomic E-state index is 0.404. The number of nitrogens with zero attached hydrogens (tertiary/aromatic N) is 1. The molecule has 1 aliphatic carbocycles. The quantitative estimate of drug-likeness (QED) is 0.673. The van der Waals surface area contributed by atoms with Crippen molar-refractivity contribution in [3.8, 4) is 0 Å². The average Bonchev–Trinajstić information content (AvgIpc) is 2.31. The number of hydrogen-bond acceptors (Lipinski definition) is 3. The third kappa shape index (κ3) is 6.55. The Balaban J connectivity index is 2.58. The lowest BCUT2D eigenvalue weighted by atomic mass is 9.70. The first-order chi connectivity index (χ1) is 9.26. The highest BCUT2D eigenvalue weighted by Gasteiger charge is 2.35. The van der Waals surface area contributed by atoms with Gasteiger partial charge in [-0.3, -0.25) is 0 Å². The van der Waals surface area contributed by atoms with Gasteiger partial charge in [-0.25, -0.2) is 0 Å². The van der Waals surface area contributed by atoms with E-state index in [1.54, 1.807) is 0 Å². The van der Waals surface area contributed by atoms with Gasteiger partial charge in [0.15, 0.2) is 0 Å². The van der Waals surface area contributed by atoms with Crippen molar-refractivity contribution in [1.29, 1.82) is 0 Å². The fourth-order valence-corrected chi connectivity index (χ4v) is 3.58. The van der Waals surface area contributed by atoms with Crippen molar-refractivity contribution in [2.24, 2.45) is 11.3 Å². The first-order valence-corrected chi connectivity index (χ1v) is 8.38. The smallest absolute Gasteiger partial charge is 0.0718 e. The Kier molecular flexibility index (Phi) is 6.96. The van der Waals surface area contributed by atoms with Crippen LogP contribution < -0.4 is 5.32 Å². The molecule has 0 amide bonds. The molecule has 0 aliphatic heterocycles. The van der Waals surface area contributed by atoms with Crippen molar-refractivity contribution in [2.75, 3.05) is 33.2 Å². The number of aliphatic hydroxyl groups is 1. The van der Waals surface area contributed by atoms with Crippen molar-refractivity contribution < 1.29 is 5.11 Å². The maximum atomic E-state index is 10.0. The van der Waals surface area contributed by atoms with E-state index in [4.69, 9.17) is 0 Å². The third-order valence-electron chi connectivity index (χ3n) is 4.52. The molecule has 0 bridgehead atoms. The Hall–Kier alpha value is -0.120. The van der Waals surface area contributed by atoms with Gasteiger partial charge in [-0.1, -0.05) is 26.7 Å². The normalized spacial score (nSPS) is 28.1. The number of nitrogens with one attached hydrogen (secondary N) is 1. The van der Waals surface area contributed by atoms with Gasteiger partial charge in [0.05, 0.1) is 5.60 Å². The standard InChI is InChI=1S/C17H36N2O/c1-6-11-18-12-17(9-7-15(2)8-10-17)14-19(5)13-16(3,4)20/h15,18,20H,6-14H2,1-5H3. The molecule has 1 aliphatic rings. The lowest BCUT2D eigenvalue weighted by Crippen LogP contribution is -2.48. The minimum atomic E-state index is -0.602. The van der Waals surface area contributed by atoms with Gasteiger partial charge in [-0.2, -0.15) is 0 Å². The topological polar surface area (TPSA) is 35.5 Å². The highest BCUT2D eigenvalue weighted by atomic mass is 16.3. The Bertz CT molecular complexity index is 265. The van der Waals surface area contributed by atoms with E-state index in [1.807, 2.05) is 13.8 Å². The van der Waals surface area contributed by atoms with E-state index in [1.165, 1.54) is 32.1 Å². The molecule has 3 nitrogen and oxygen atoms in total. The van der Waals surface area contributed by atoms with Gasteiger partial charge >= 0.3 is 0 Å². The van der Waals surface area contributed by atoms with E-state index in [2.05, 4.69) is 31.1 Å². The minimum Gasteiger partial charge on any atom is -0.389 e. The van der Waals surface area contributed by atoms with E-state index >= 15 is 0 Å². The Morgan fingerprint density at radius 2 is 1.90 bits per heavy atom.